The lowest BCUT2D eigenvalue weighted by molar-refractivity contribution is 0.0543. The third-order valence-corrected chi connectivity index (χ3v) is 6.81. The Morgan fingerprint density at radius 2 is 1.93 bits per heavy atom. The SMILES string of the molecule is Cc1ccccc1Cn1c(C(=O)N2CCN(C(=O)N(C)C)[C@H](C)C2)cc2ccsc21. The Morgan fingerprint density at radius 3 is 2.63 bits per heavy atom. The van der Waals surface area contributed by atoms with Crippen LogP contribution in [0.1, 0.15) is 28.5 Å². The van der Waals surface area contributed by atoms with Gasteiger partial charge in [-0.15, -0.1) is 11.3 Å². The van der Waals surface area contributed by atoms with Gasteiger partial charge in [0.25, 0.3) is 5.91 Å². The van der Waals surface area contributed by atoms with Gasteiger partial charge in [0.05, 0.1) is 0 Å². The Hall–Kier alpha value is -2.80. The first kappa shape index (κ1) is 20.5. The lowest BCUT2D eigenvalue weighted by Gasteiger charge is -2.40. The minimum absolute atomic E-state index is 0.00181. The van der Waals surface area contributed by atoms with Crippen molar-refractivity contribution in [2.24, 2.45) is 0 Å². The highest BCUT2D eigenvalue weighted by Gasteiger charge is 2.32. The first-order chi connectivity index (χ1) is 14.4. The van der Waals surface area contributed by atoms with Crippen LogP contribution in [0.15, 0.2) is 41.8 Å². The second kappa shape index (κ2) is 8.14. The molecule has 3 heterocycles. The largest absolute Gasteiger partial charge is 0.334 e. The maximum absolute atomic E-state index is 13.5. The molecule has 0 aliphatic carbocycles. The summed E-state index contributed by atoms with van der Waals surface area (Å²) in [4.78, 5) is 32.3. The molecule has 3 amide bonds. The highest BCUT2D eigenvalue weighted by molar-refractivity contribution is 7.16. The van der Waals surface area contributed by atoms with Crippen LogP contribution in [-0.4, -0.2) is 71.0 Å². The standard InChI is InChI=1S/C23H28N4O2S/c1-16-7-5-6-8-19(16)15-27-20(13-18-9-12-30-22(18)27)21(28)25-10-11-26(17(2)14-25)23(29)24(3)4/h5-9,12-13,17H,10-11,14-15H2,1-4H3/t17-/m1/s1. The first-order valence-corrected chi connectivity index (χ1v) is 11.1. The van der Waals surface area contributed by atoms with E-state index in [4.69, 9.17) is 0 Å². The zero-order valence-electron chi connectivity index (χ0n) is 18.0. The Bertz CT molecular complexity index is 1080. The summed E-state index contributed by atoms with van der Waals surface area (Å²) in [5.41, 5.74) is 3.16. The molecule has 1 aliphatic rings. The molecule has 0 radical (unpaired) electrons. The molecule has 1 saturated heterocycles. The molecule has 30 heavy (non-hydrogen) atoms. The zero-order chi connectivity index (χ0) is 21.4. The third kappa shape index (κ3) is 3.69. The number of nitrogens with zero attached hydrogens (tertiary/aromatic N) is 4. The third-order valence-electron chi connectivity index (χ3n) is 5.85. The fraction of sp³-hybridized carbons (Fsp3) is 0.391. The Balaban J connectivity index is 1.61. The number of carbonyl (C=O) groups is 2. The Kier molecular flexibility index (Phi) is 5.56. The van der Waals surface area contributed by atoms with Crippen molar-refractivity contribution < 1.29 is 9.59 Å². The molecule has 1 fully saturated rings. The lowest BCUT2D eigenvalue weighted by atomic mass is 10.1. The second-order valence-corrected chi connectivity index (χ2v) is 9.09. The van der Waals surface area contributed by atoms with Crippen molar-refractivity contribution in [3.63, 3.8) is 0 Å². The number of carbonyl (C=O) groups excluding carboxylic acids is 2. The summed E-state index contributed by atoms with van der Waals surface area (Å²) in [6.07, 6.45) is 0. The average molecular weight is 425 g/mol. The van der Waals surface area contributed by atoms with Gasteiger partial charge >= 0.3 is 6.03 Å². The Morgan fingerprint density at radius 1 is 1.17 bits per heavy atom. The van der Waals surface area contributed by atoms with Crippen molar-refractivity contribution in [2.45, 2.75) is 26.4 Å². The predicted molar refractivity (Wildman–Crippen MR) is 121 cm³/mol. The number of amides is 3. The molecular formula is C23H28N4O2S. The van der Waals surface area contributed by atoms with Crippen LogP contribution in [0, 0.1) is 6.92 Å². The molecule has 158 valence electrons. The average Bonchev–Trinajstić information content (AvgIpc) is 3.31. The van der Waals surface area contributed by atoms with Gasteiger partial charge < -0.3 is 19.3 Å². The summed E-state index contributed by atoms with van der Waals surface area (Å²) in [7, 11) is 3.52. The van der Waals surface area contributed by atoms with Crippen LogP contribution in [0.2, 0.25) is 0 Å². The van der Waals surface area contributed by atoms with Crippen LogP contribution in [0.25, 0.3) is 10.2 Å². The van der Waals surface area contributed by atoms with E-state index in [-0.39, 0.29) is 18.0 Å². The van der Waals surface area contributed by atoms with Crippen molar-refractivity contribution in [2.75, 3.05) is 33.7 Å². The fourth-order valence-corrected chi connectivity index (χ4v) is 5.01. The van der Waals surface area contributed by atoms with E-state index in [0.29, 0.717) is 26.2 Å². The van der Waals surface area contributed by atoms with Gasteiger partial charge in [0, 0.05) is 51.7 Å². The molecular weight excluding hydrogens is 396 g/mol. The predicted octanol–water partition coefficient (Wildman–Crippen LogP) is 3.89. The quantitative estimate of drug-likeness (QED) is 0.641. The molecule has 3 aromatic rings. The van der Waals surface area contributed by atoms with Crippen LogP contribution >= 0.6 is 11.3 Å². The highest BCUT2D eigenvalue weighted by atomic mass is 32.1. The van der Waals surface area contributed by atoms with Gasteiger partial charge in [-0.1, -0.05) is 24.3 Å². The molecule has 0 N–H and O–H groups in total. The van der Waals surface area contributed by atoms with Crippen molar-refractivity contribution in [1.82, 2.24) is 19.3 Å². The second-order valence-electron chi connectivity index (χ2n) is 8.19. The number of urea groups is 1. The van der Waals surface area contributed by atoms with E-state index >= 15 is 0 Å². The number of rotatable bonds is 3. The van der Waals surface area contributed by atoms with E-state index in [9.17, 15) is 9.59 Å². The number of thiophene rings is 1. The summed E-state index contributed by atoms with van der Waals surface area (Å²) in [5, 5.41) is 3.17. The summed E-state index contributed by atoms with van der Waals surface area (Å²) in [6.45, 7) is 6.43. The number of aromatic nitrogens is 1. The molecule has 0 saturated carbocycles. The number of fused-ring (bicyclic) bond motifs is 1. The molecule has 0 spiro atoms. The van der Waals surface area contributed by atoms with Crippen molar-refractivity contribution in [1.29, 1.82) is 0 Å². The highest BCUT2D eigenvalue weighted by Crippen LogP contribution is 2.28. The maximum Gasteiger partial charge on any atom is 0.319 e. The maximum atomic E-state index is 13.5. The van der Waals surface area contributed by atoms with Crippen molar-refractivity contribution >= 4 is 33.5 Å². The summed E-state index contributed by atoms with van der Waals surface area (Å²) in [5.74, 6) is 0.0378. The number of benzene rings is 1. The van der Waals surface area contributed by atoms with Gasteiger partial charge in [-0.05, 0) is 42.5 Å². The minimum Gasteiger partial charge on any atom is -0.334 e. The molecule has 2 aromatic heterocycles. The molecule has 1 aromatic carbocycles. The van der Waals surface area contributed by atoms with Gasteiger partial charge in [0.15, 0.2) is 0 Å². The van der Waals surface area contributed by atoms with Crippen LogP contribution in [0.5, 0.6) is 0 Å². The van der Waals surface area contributed by atoms with Crippen LogP contribution in [0.4, 0.5) is 4.79 Å². The molecule has 7 heteroatoms. The number of piperazine rings is 1. The van der Waals surface area contributed by atoms with E-state index in [0.717, 1.165) is 15.9 Å². The van der Waals surface area contributed by atoms with Crippen LogP contribution in [-0.2, 0) is 6.54 Å². The van der Waals surface area contributed by atoms with E-state index in [1.165, 1.54) is 11.1 Å². The number of hydrogen-bond acceptors (Lipinski definition) is 3. The van der Waals surface area contributed by atoms with E-state index in [1.54, 1.807) is 30.3 Å². The summed E-state index contributed by atoms with van der Waals surface area (Å²) in [6, 6.07) is 12.4. The van der Waals surface area contributed by atoms with Crippen LogP contribution in [0.3, 0.4) is 0 Å². The summed E-state index contributed by atoms with van der Waals surface area (Å²) >= 11 is 1.67. The van der Waals surface area contributed by atoms with Gasteiger partial charge in [-0.3, -0.25) is 4.79 Å². The normalized spacial score (nSPS) is 16.9. The molecule has 1 aliphatic heterocycles. The number of aryl methyl sites for hydroxylation is 1. The summed E-state index contributed by atoms with van der Waals surface area (Å²) < 4.78 is 2.15. The van der Waals surface area contributed by atoms with Crippen molar-refractivity contribution in [3.05, 3.63) is 58.6 Å². The van der Waals surface area contributed by atoms with E-state index in [2.05, 4.69) is 35.1 Å². The molecule has 6 nitrogen and oxygen atoms in total. The van der Waals surface area contributed by atoms with E-state index in [1.807, 2.05) is 34.9 Å². The molecule has 4 rings (SSSR count). The topological polar surface area (TPSA) is 48.8 Å². The first-order valence-electron chi connectivity index (χ1n) is 10.2. The van der Waals surface area contributed by atoms with Gasteiger partial charge in [0.2, 0.25) is 0 Å². The lowest BCUT2D eigenvalue weighted by Crippen LogP contribution is -2.57. The zero-order valence-corrected chi connectivity index (χ0v) is 18.8. The minimum atomic E-state index is -0.0153. The smallest absolute Gasteiger partial charge is 0.319 e. The van der Waals surface area contributed by atoms with Crippen molar-refractivity contribution in [3.8, 4) is 0 Å². The molecule has 0 bridgehead atoms. The monoisotopic (exact) mass is 424 g/mol. The van der Waals surface area contributed by atoms with Gasteiger partial charge in [-0.2, -0.15) is 0 Å². The Labute approximate surface area is 181 Å². The fourth-order valence-electron chi connectivity index (χ4n) is 4.11. The van der Waals surface area contributed by atoms with E-state index < -0.39 is 0 Å². The number of hydrogen-bond donors (Lipinski definition) is 0. The van der Waals surface area contributed by atoms with Crippen LogP contribution < -0.4 is 0 Å². The van der Waals surface area contributed by atoms with Gasteiger partial charge in [-0.25, -0.2) is 4.79 Å². The molecule has 0 unspecified atom stereocenters. The van der Waals surface area contributed by atoms with Gasteiger partial charge in [0.1, 0.15) is 10.5 Å². The molecule has 1 atom stereocenters.